The zero-order valence-electron chi connectivity index (χ0n) is 6.69. The molecule has 0 saturated carbocycles. The molecule has 0 amide bonds. The standard InChI is InChI=1S/C9H7NO2S/c10-4-6-1-7(5-13)3-8(2-6)9(11)12/h1-3,13H,5H2,(H,11,12). The number of nitrogens with zero attached hydrogens (tertiary/aromatic N) is 1. The quantitative estimate of drug-likeness (QED) is 0.702. The molecule has 3 nitrogen and oxygen atoms in total. The third kappa shape index (κ3) is 2.23. The molecular formula is C9H7NO2S. The van der Waals surface area contributed by atoms with Crippen LogP contribution in [0, 0.1) is 11.3 Å². The number of nitriles is 1. The summed E-state index contributed by atoms with van der Waals surface area (Å²) in [5.74, 6) is -0.601. The van der Waals surface area contributed by atoms with Crippen LogP contribution in [0.5, 0.6) is 0 Å². The Bertz CT molecular complexity index is 382. The number of carboxylic acids is 1. The van der Waals surface area contributed by atoms with Crippen LogP contribution in [0.15, 0.2) is 18.2 Å². The van der Waals surface area contributed by atoms with Crippen LogP contribution in [0.1, 0.15) is 21.5 Å². The number of thiol groups is 1. The normalized spacial score (nSPS) is 9.23. The van der Waals surface area contributed by atoms with E-state index >= 15 is 0 Å². The molecule has 0 radical (unpaired) electrons. The lowest BCUT2D eigenvalue weighted by molar-refractivity contribution is 0.0696. The van der Waals surface area contributed by atoms with E-state index in [1.54, 1.807) is 6.07 Å². The molecule has 0 bridgehead atoms. The number of hydrogen-bond acceptors (Lipinski definition) is 3. The van der Waals surface area contributed by atoms with Crippen molar-refractivity contribution in [2.45, 2.75) is 5.75 Å². The first kappa shape index (κ1) is 9.62. The van der Waals surface area contributed by atoms with Gasteiger partial charge in [0.25, 0.3) is 0 Å². The van der Waals surface area contributed by atoms with Gasteiger partial charge in [-0.25, -0.2) is 4.79 Å². The predicted molar refractivity (Wildman–Crippen MR) is 50.8 cm³/mol. The summed E-state index contributed by atoms with van der Waals surface area (Å²) in [5.41, 5.74) is 1.21. The van der Waals surface area contributed by atoms with E-state index in [0.717, 1.165) is 5.56 Å². The maximum absolute atomic E-state index is 10.6. The lowest BCUT2D eigenvalue weighted by Crippen LogP contribution is -1.98. The summed E-state index contributed by atoms with van der Waals surface area (Å²) in [4.78, 5) is 10.6. The van der Waals surface area contributed by atoms with Crippen LogP contribution < -0.4 is 0 Å². The molecule has 0 unspecified atom stereocenters. The second kappa shape index (κ2) is 3.97. The maximum Gasteiger partial charge on any atom is 0.335 e. The number of benzene rings is 1. The first-order chi connectivity index (χ1) is 6.17. The Morgan fingerprint density at radius 1 is 1.54 bits per heavy atom. The third-order valence-electron chi connectivity index (χ3n) is 1.55. The Balaban J connectivity index is 3.24. The van der Waals surface area contributed by atoms with Crippen molar-refractivity contribution in [2.75, 3.05) is 0 Å². The largest absolute Gasteiger partial charge is 0.478 e. The second-order valence-corrected chi connectivity index (χ2v) is 2.81. The molecule has 0 aliphatic heterocycles. The van der Waals surface area contributed by atoms with Crippen LogP contribution in [0.25, 0.3) is 0 Å². The molecule has 1 N–H and O–H groups in total. The van der Waals surface area contributed by atoms with Gasteiger partial charge in [-0.3, -0.25) is 0 Å². The minimum absolute atomic E-state index is 0.128. The molecule has 0 heterocycles. The highest BCUT2D eigenvalue weighted by molar-refractivity contribution is 7.79. The second-order valence-electron chi connectivity index (χ2n) is 2.49. The van der Waals surface area contributed by atoms with Crippen LogP contribution in [-0.4, -0.2) is 11.1 Å². The summed E-state index contributed by atoms with van der Waals surface area (Å²) < 4.78 is 0. The van der Waals surface area contributed by atoms with Crippen molar-refractivity contribution in [1.29, 1.82) is 5.26 Å². The highest BCUT2D eigenvalue weighted by Gasteiger charge is 2.05. The molecule has 0 aromatic heterocycles. The fourth-order valence-corrected chi connectivity index (χ4v) is 1.15. The number of rotatable bonds is 2. The van der Waals surface area contributed by atoms with E-state index in [1.165, 1.54) is 12.1 Å². The fourth-order valence-electron chi connectivity index (χ4n) is 0.971. The first-order valence-corrected chi connectivity index (χ1v) is 4.19. The van der Waals surface area contributed by atoms with E-state index in [4.69, 9.17) is 10.4 Å². The van der Waals surface area contributed by atoms with Gasteiger partial charge in [-0.15, -0.1) is 0 Å². The van der Waals surface area contributed by atoms with Crippen LogP contribution in [0.2, 0.25) is 0 Å². The van der Waals surface area contributed by atoms with E-state index in [9.17, 15) is 4.79 Å². The van der Waals surface area contributed by atoms with Gasteiger partial charge < -0.3 is 5.11 Å². The minimum atomic E-state index is -1.03. The summed E-state index contributed by atoms with van der Waals surface area (Å²) in [6, 6.07) is 6.38. The van der Waals surface area contributed by atoms with Crippen molar-refractivity contribution < 1.29 is 9.90 Å². The number of carbonyl (C=O) groups is 1. The monoisotopic (exact) mass is 193 g/mol. The highest BCUT2D eigenvalue weighted by Crippen LogP contribution is 2.11. The average molecular weight is 193 g/mol. The molecule has 4 heteroatoms. The van der Waals surface area contributed by atoms with Gasteiger partial charge in [-0.2, -0.15) is 17.9 Å². The van der Waals surface area contributed by atoms with Crippen LogP contribution in [-0.2, 0) is 5.75 Å². The third-order valence-corrected chi connectivity index (χ3v) is 1.92. The van der Waals surface area contributed by atoms with Gasteiger partial charge in [0.2, 0.25) is 0 Å². The van der Waals surface area contributed by atoms with Gasteiger partial charge in [0, 0.05) is 5.75 Å². The van der Waals surface area contributed by atoms with Crippen LogP contribution in [0.4, 0.5) is 0 Å². The summed E-state index contributed by atoms with van der Waals surface area (Å²) in [6.45, 7) is 0. The number of hydrogen-bond donors (Lipinski definition) is 2. The molecule has 66 valence electrons. The van der Waals surface area contributed by atoms with E-state index in [1.807, 2.05) is 6.07 Å². The SMILES string of the molecule is N#Cc1cc(CS)cc(C(=O)O)c1. The van der Waals surface area contributed by atoms with Crippen molar-refractivity contribution >= 4 is 18.6 Å². The van der Waals surface area contributed by atoms with Crippen molar-refractivity contribution in [3.8, 4) is 6.07 Å². The van der Waals surface area contributed by atoms with Gasteiger partial charge in [-0.1, -0.05) is 0 Å². The summed E-state index contributed by atoms with van der Waals surface area (Å²) in [5, 5.41) is 17.3. The molecule has 0 aliphatic carbocycles. The summed E-state index contributed by atoms with van der Waals surface area (Å²) >= 11 is 4.01. The molecule has 0 aliphatic rings. The topological polar surface area (TPSA) is 61.1 Å². The van der Waals surface area contributed by atoms with Crippen molar-refractivity contribution in [3.05, 3.63) is 34.9 Å². The van der Waals surface area contributed by atoms with Crippen LogP contribution in [0.3, 0.4) is 0 Å². The summed E-state index contributed by atoms with van der Waals surface area (Å²) in [7, 11) is 0. The Morgan fingerprint density at radius 2 is 2.23 bits per heavy atom. The number of aromatic carboxylic acids is 1. The smallest absolute Gasteiger partial charge is 0.335 e. The molecule has 1 aromatic rings. The molecule has 1 aromatic carbocycles. The van der Waals surface area contributed by atoms with Crippen molar-refractivity contribution in [3.63, 3.8) is 0 Å². The fraction of sp³-hybridized carbons (Fsp3) is 0.111. The molecule has 1 rings (SSSR count). The van der Waals surface area contributed by atoms with Gasteiger partial charge >= 0.3 is 5.97 Å². The van der Waals surface area contributed by atoms with Crippen LogP contribution >= 0.6 is 12.6 Å². The molecule has 13 heavy (non-hydrogen) atoms. The minimum Gasteiger partial charge on any atom is -0.478 e. The molecular weight excluding hydrogens is 186 g/mol. The molecule has 0 fully saturated rings. The van der Waals surface area contributed by atoms with Gasteiger partial charge in [0.15, 0.2) is 0 Å². The highest BCUT2D eigenvalue weighted by atomic mass is 32.1. The number of carboxylic acid groups (broad SMARTS) is 1. The molecule has 0 atom stereocenters. The summed E-state index contributed by atoms with van der Waals surface area (Å²) in [6.07, 6.45) is 0. The Labute approximate surface area is 81.0 Å². The van der Waals surface area contributed by atoms with E-state index in [2.05, 4.69) is 12.6 Å². The molecule has 0 saturated heterocycles. The van der Waals surface area contributed by atoms with E-state index in [-0.39, 0.29) is 5.56 Å². The van der Waals surface area contributed by atoms with Crippen molar-refractivity contribution in [1.82, 2.24) is 0 Å². The Hall–Kier alpha value is -1.47. The first-order valence-electron chi connectivity index (χ1n) is 3.55. The molecule has 0 spiro atoms. The van der Waals surface area contributed by atoms with Gasteiger partial charge in [-0.05, 0) is 23.8 Å². The zero-order valence-corrected chi connectivity index (χ0v) is 7.58. The maximum atomic E-state index is 10.6. The van der Waals surface area contributed by atoms with E-state index in [0.29, 0.717) is 11.3 Å². The lowest BCUT2D eigenvalue weighted by atomic mass is 10.1. The Kier molecular flexibility index (Phi) is 2.93. The Morgan fingerprint density at radius 3 is 2.69 bits per heavy atom. The van der Waals surface area contributed by atoms with Crippen molar-refractivity contribution in [2.24, 2.45) is 0 Å². The lowest BCUT2D eigenvalue weighted by Gasteiger charge is -1.99. The van der Waals surface area contributed by atoms with E-state index < -0.39 is 5.97 Å². The predicted octanol–water partition coefficient (Wildman–Crippen LogP) is 1.69. The van der Waals surface area contributed by atoms with Gasteiger partial charge in [0.05, 0.1) is 17.2 Å². The zero-order chi connectivity index (χ0) is 9.84. The average Bonchev–Trinajstić information content (AvgIpc) is 2.16. The van der Waals surface area contributed by atoms with Gasteiger partial charge in [0.1, 0.15) is 0 Å².